The summed E-state index contributed by atoms with van der Waals surface area (Å²) in [6, 6.07) is 18.6. The van der Waals surface area contributed by atoms with Gasteiger partial charge < -0.3 is 9.64 Å². The molecule has 3 aromatic carbocycles. The van der Waals surface area contributed by atoms with Gasteiger partial charge in [-0.05, 0) is 55.8 Å². The molecule has 1 aliphatic heterocycles. The minimum atomic E-state index is -1.000. The lowest BCUT2D eigenvalue weighted by molar-refractivity contribution is -0.120. The first-order valence-corrected chi connectivity index (χ1v) is 10.4. The van der Waals surface area contributed by atoms with Gasteiger partial charge >= 0.3 is 0 Å². The van der Waals surface area contributed by atoms with E-state index >= 15 is 0 Å². The van der Waals surface area contributed by atoms with E-state index in [1.54, 1.807) is 48.3 Å². The highest BCUT2D eigenvalue weighted by atomic mass is 19.1. The first-order valence-electron chi connectivity index (χ1n) is 10.4. The second-order valence-electron chi connectivity index (χ2n) is 7.85. The van der Waals surface area contributed by atoms with Crippen molar-refractivity contribution in [1.82, 2.24) is 0 Å². The summed E-state index contributed by atoms with van der Waals surface area (Å²) in [7, 11) is 1.66. The molecule has 33 heavy (non-hydrogen) atoms. The second kappa shape index (κ2) is 8.86. The van der Waals surface area contributed by atoms with E-state index in [2.05, 4.69) is 0 Å². The lowest BCUT2D eigenvalue weighted by Gasteiger charge is -2.21. The number of hydrogen-bond acceptors (Lipinski definition) is 4. The van der Waals surface area contributed by atoms with Gasteiger partial charge in [0.1, 0.15) is 23.1 Å². The van der Waals surface area contributed by atoms with Crippen LogP contribution in [0.25, 0.3) is 5.57 Å². The van der Waals surface area contributed by atoms with E-state index < -0.39 is 23.4 Å². The molecule has 0 aliphatic carbocycles. The van der Waals surface area contributed by atoms with Gasteiger partial charge in [-0.25, -0.2) is 13.7 Å². The highest BCUT2D eigenvalue weighted by molar-refractivity contribution is 6.46. The van der Waals surface area contributed by atoms with Gasteiger partial charge in [0.05, 0.1) is 17.4 Å². The molecule has 0 radical (unpaired) electrons. The van der Waals surface area contributed by atoms with E-state index in [4.69, 9.17) is 4.74 Å². The van der Waals surface area contributed by atoms with Gasteiger partial charge in [-0.15, -0.1) is 0 Å². The number of anilines is 2. The maximum Gasteiger partial charge on any atom is 0.282 e. The average molecular weight is 448 g/mol. The zero-order valence-electron chi connectivity index (χ0n) is 18.4. The summed E-state index contributed by atoms with van der Waals surface area (Å²) in [6.07, 6.45) is -0.0264. The van der Waals surface area contributed by atoms with E-state index in [1.807, 2.05) is 32.0 Å². The van der Waals surface area contributed by atoms with Crippen molar-refractivity contribution in [1.29, 1.82) is 0 Å². The Morgan fingerprint density at radius 2 is 1.55 bits per heavy atom. The molecule has 0 aromatic heterocycles. The summed E-state index contributed by atoms with van der Waals surface area (Å²) in [5.41, 5.74) is 1.05. The molecular formula is C26H22F2N2O3. The minimum Gasteiger partial charge on any atom is -0.491 e. The zero-order valence-corrected chi connectivity index (χ0v) is 18.4. The van der Waals surface area contributed by atoms with Gasteiger partial charge in [0.25, 0.3) is 11.8 Å². The van der Waals surface area contributed by atoms with Crippen LogP contribution in [0.2, 0.25) is 0 Å². The monoisotopic (exact) mass is 448 g/mol. The Hall–Kier alpha value is -4.00. The number of hydrogen-bond donors (Lipinski definition) is 0. The Morgan fingerprint density at radius 3 is 2.15 bits per heavy atom. The molecule has 1 heterocycles. The van der Waals surface area contributed by atoms with Crippen molar-refractivity contribution in [2.24, 2.45) is 0 Å². The first-order chi connectivity index (χ1) is 15.8. The van der Waals surface area contributed by atoms with Crippen LogP contribution in [-0.4, -0.2) is 25.0 Å². The summed E-state index contributed by atoms with van der Waals surface area (Å²) < 4.78 is 33.7. The van der Waals surface area contributed by atoms with Gasteiger partial charge in [0.2, 0.25) is 0 Å². The Labute approximate surface area is 190 Å². The molecule has 168 valence electrons. The predicted octanol–water partition coefficient (Wildman–Crippen LogP) is 5.17. The maximum absolute atomic E-state index is 14.6. The number of carbonyl (C=O) groups excluding carboxylic acids is 2. The molecule has 3 aromatic rings. The van der Waals surface area contributed by atoms with Gasteiger partial charge in [-0.1, -0.05) is 30.3 Å². The third-order valence-electron chi connectivity index (χ3n) is 5.20. The molecule has 0 saturated carbocycles. The molecular weight excluding hydrogens is 426 g/mol. The van der Waals surface area contributed by atoms with Gasteiger partial charge in [0.15, 0.2) is 0 Å². The number of benzene rings is 3. The van der Waals surface area contributed by atoms with Crippen LogP contribution in [0.3, 0.4) is 0 Å². The fourth-order valence-corrected chi connectivity index (χ4v) is 3.72. The second-order valence-corrected chi connectivity index (χ2v) is 7.85. The molecule has 7 heteroatoms. The molecule has 5 nitrogen and oxygen atoms in total. The maximum atomic E-state index is 14.6. The third kappa shape index (κ3) is 4.22. The Morgan fingerprint density at radius 1 is 0.879 bits per heavy atom. The van der Waals surface area contributed by atoms with Gasteiger partial charge in [-0.2, -0.15) is 0 Å². The zero-order chi connectivity index (χ0) is 23.7. The summed E-state index contributed by atoms with van der Waals surface area (Å²) in [5.74, 6) is -2.58. The fourth-order valence-electron chi connectivity index (χ4n) is 3.72. The molecule has 2 amide bonds. The van der Waals surface area contributed by atoms with Crippen molar-refractivity contribution >= 4 is 28.8 Å². The van der Waals surface area contributed by atoms with Crippen LogP contribution < -0.4 is 14.5 Å². The highest BCUT2D eigenvalue weighted by Gasteiger charge is 2.43. The van der Waals surface area contributed by atoms with Crippen LogP contribution in [0, 0.1) is 11.6 Å². The lowest BCUT2D eigenvalue weighted by atomic mass is 10.0. The first kappa shape index (κ1) is 22.2. The summed E-state index contributed by atoms with van der Waals surface area (Å²) in [4.78, 5) is 29.3. The number of imide groups is 1. The molecule has 0 N–H and O–H groups in total. The highest BCUT2D eigenvalue weighted by Crippen LogP contribution is 2.37. The standard InChI is InChI=1S/C26H22F2N2O3/c1-16(2)33-20-12-9-17(10-13-20)23-24(29(3)19-7-5-4-6-8-19)26(32)30(25(23)31)22-14-11-18(27)15-21(22)28/h4-16H,1-3H3. The van der Waals surface area contributed by atoms with E-state index in [1.165, 1.54) is 0 Å². The van der Waals surface area contributed by atoms with Crippen molar-refractivity contribution in [2.45, 2.75) is 20.0 Å². The number of para-hydroxylation sites is 1. The molecule has 0 atom stereocenters. The number of amides is 2. The van der Waals surface area contributed by atoms with Crippen molar-refractivity contribution in [2.75, 3.05) is 16.8 Å². The van der Waals surface area contributed by atoms with E-state index in [9.17, 15) is 18.4 Å². The number of rotatable bonds is 6. The molecule has 0 spiro atoms. The van der Waals surface area contributed by atoms with E-state index in [0.29, 0.717) is 23.1 Å². The molecule has 0 saturated heterocycles. The van der Waals surface area contributed by atoms with Crippen molar-refractivity contribution in [3.05, 3.63) is 95.7 Å². The Bertz CT molecular complexity index is 1240. The van der Waals surface area contributed by atoms with Crippen LogP contribution >= 0.6 is 0 Å². The van der Waals surface area contributed by atoms with Crippen LogP contribution in [-0.2, 0) is 9.59 Å². The van der Waals surface area contributed by atoms with Gasteiger partial charge in [-0.3, -0.25) is 9.59 Å². The van der Waals surface area contributed by atoms with Crippen molar-refractivity contribution in [3.63, 3.8) is 0 Å². The summed E-state index contributed by atoms with van der Waals surface area (Å²) >= 11 is 0. The molecule has 0 unspecified atom stereocenters. The normalized spacial score (nSPS) is 13.8. The molecule has 0 bridgehead atoms. The average Bonchev–Trinajstić information content (AvgIpc) is 3.04. The topological polar surface area (TPSA) is 49.9 Å². The Kier molecular flexibility index (Phi) is 5.96. The van der Waals surface area contributed by atoms with E-state index in [0.717, 1.165) is 17.0 Å². The van der Waals surface area contributed by atoms with Crippen LogP contribution in [0.5, 0.6) is 5.75 Å². The number of nitrogens with zero attached hydrogens (tertiary/aromatic N) is 2. The number of likely N-dealkylation sites (N-methyl/N-ethyl adjacent to an activating group) is 1. The molecule has 4 rings (SSSR count). The number of ether oxygens (including phenoxy) is 1. The van der Waals surface area contributed by atoms with E-state index in [-0.39, 0.29) is 23.1 Å². The van der Waals surface area contributed by atoms with Crippen LogP contribution in [0.1, 0.15) is 19.4 Å². The minimum absolute atomic E-state index is 0.0264. The summed E-state index contributed by atoms with van der Waals surface area (Å²) in [5, 5.41) is 0. The predicted molar refractivity (Wildman–Crippen MR) is 123 cm³/mol. The van der Waals surface area contributed by atoms with Gasteiger partial charge in [0, 0.05) is 18.8 Å². The molecule has 0 fully saturated rings. The third-order valence-corrected chi connectivity index (χ3v) is 5.20. The fraction of sp³-hybridized carbons (Fsp3) is 0.154. The molecule has 1 aliphatic rings. The largest absolute Gasteiger partial charge is 0.491 e. The van der Waals surface area contributed by atoms with Crippen LogP contribution in [0.4, 0.5) is 20.2 Å². The smallest absolute Gasteiger partial charge is 0.282 e. The van der Waals surface area contributed by atoms with Crippen LogP contribution in [0.15, 0.2) is 78.5 Å². The Balaban J connectivity index is 1.84. The van der Waals surface area contributed by atoms with Crippen molar-refractivity contribution < 1.29 is 23.1 Å². The summed E-state index contributed by atoms with van der Waals surface area (Å²) in [6.45, 7) is 3.80. The quantitative estimate of drug-likeness (QED) is 0.488. The lowest BCUT2D eigenvalue weighted by Crippen LogP contribution is -2.34. The number of halogens is 2. The SMILES string of the molecule is CC(C)Oc1ccc(C2=C(N(C)c3ccccc3)C(=O)N(c3ccc(F)cc3F)C2=O)cc1. The number of carbonyl (C=O) groups is 2. The van der Waals surface area contributed by atoms with Crippen molar-refractivity contribution in [3.8, 4) is 5.75 Å².